The van der Waals surface area contributed by atoms with E-state index >= 15 is 0 Å². The number of aryl methyl sites for hydroxylation is 1. The van der Waals surface area contributed by atoms with Crippen LogP contribution in [0.25, 0.3) is 10.8 Å². The minimum Gasteiger partial charge on any atom is -0.470 e. The van der Waals surface area contributed by atoms with Crippen LogP contribution in [0.5, 0.6) is 5.75 Å². The lowest BCUT2D eigenvalue weighted by Crippen LogP contribution is -2.31. The van der Waals surface area contributed by atoms with Gasteiger partial charge >= 0.3 is 0 Å². The smallest absolute Gasteiger partial charge is 0.225 e. The van der Waals surface area contributed by atoms with Gasteiger partial charge in [0.15, 0.2) is 6.23 Å². The Morgan fingerprint density at radius 1 is 1.00 bits per heavy atom. The predicted molar refractivity (Wildman–Crippen MR) is 82.3 cm³/mol. The van der Waals surface area contributed by atoms with Gasteiger partial charge in [0.25, 0.3) is 0 Å². The molecule has 0 fully saturated rings. The van der Waals surface area contributed by atoms with Crippen molar-refractivity contribution in [3.8, 4) is 5.75 Å². The Morgan fingerprint density at radius 3 is 2.76 bits per heavy atom. The number of benzene rings is 2. The number of hydrogen-bond acceptors (Lipinski definition) is 4. The summed E-state index contributed by atoms with van der Waals surface area (Å²) in [6, 6.07) is 14.4. The van der Waals surface area contributed by atoms with Gasteiger partial charge in [-0.2, -0.15) is 0 Å². The van der Waals surface area contributed by atoms with Gasteiger partial charge in [-0.15, -0.1) is 0 Å². The summed E-state index contributed by atoms with van der Waals surface area (Å²) < 4.78 is 6.05. The minimum absolute atomic E-state index is 0.0823. The van der Waals surface area contributed by atoms with E-state index in [0.717, 1.165) is 18.6 Å². The van der Waals surface area contributed by atoms with Crippen molar-refractivity contribution in [2.75, 3.05) is 5.32 Å². The van der Waals surface area contributed by atoms with Crippen LogP contribution in [0.2, 0.25) is 0 Å². The van der Waals surface area contributed by atoms with Crippen LogP contribution in [0.1, 0.15) is 12.0 Å². The maximum absolute atomic E-state index is 6.05. The number of anilines is 1. The lowest BCUT2D eigenvalue weighted by molar-refractivity contribution is 0.200. The second kappa shape index (κ2) is 5.05. The van der Waals surface area contributed by atoms with Gasteiger partial charge < -0.3 is 10.1 Å². The number of nitrogens with one attached hydrogen (secondary N) is 1. The maximum Gasteiger partial charge on any atom is 0.225 e. The molecular weight excluding hydrogens is 262 g/mol. The van der Waals surface area contributed by atoms with E-state index in [9.17, 15) is 0 Å². The molecule has 0 amide bonds. The van der Waals surface area contributed by atoms with E-state index in [2.05, 4.69) is 51.7 Å². The standard InChI is InChI=1S/C17H15N3O/c1-2-5-13-12(4-1)6-8-15-14(13)7-9-16(21-15)20-17-18-10-3-11-19-17/h1-6,8,10-11,16H,7,9H2,(H,18,19,20). The van der Waals surface area contributed by atoms with Gasteiger partial charge in [-0.1, -0.05) is 30.3 Å². The first-order valence-electron chi connectivity index (χ1n) is 7.11. The number of fused-ring (bicyclic) bond motifs is 3. The van der Waals surface area contributed by atoms with Gasteiger partial charge in [0.05, 0.1) is 0 Å². The van der Waals surface area contributed by atoms with Crippen LogP contribution in [0.15, 0.2) is 54.9 Å². The van der Waals surface area contributed by atoms with Crippen molar-refractivity contribution < 1.29 is 4.74 Å². The molecule has 1 N–H and O–H groups in total. The average Bonchev–Trinajstić information content (AvgIpc) is 2.55. The molecule has 0 aliphatic carbocycles. The Bertz CT molecular complexity index is 773. The van der Waals surface area contributed by atoms with E-state index in [1.54, 1.807) is 18.5 Å². The van der Waals surface area contributed by atoms with Crippen LogP contribution < -0.4 is 10.1 Å². The second-order valence-electron chi connectivity index (χ2n) is 5.13. The van der Waals surface area contributed by atoms with Crippen molar-refractivity contribution in [1.29, 1.82) is 0 Å². The molecule has 2 heterocycles. The molecule has 2 aromatic carbocycles. The molecule has 3 aromatic rings. The Kier molecular flexibility index (Phi) is 2.92. The number of aromatic nitrogens is 2. The molecule has 1 unspecified atom stereocenters. The lowest BCUT2D eigenvalue weighted by Gasteiger charge is -2.27. The van der Waals surface area contributed by atoms with E-state index in [1.807, 2.05) is 0 Å². The molecule has 4 rings (SSSR count). The van der Waals surface area contributed by atoms with Crippen molar-refractivity contribution in [1.82, 2.24) is 9.97 Å². The molecule has 0 bridgehead atoms. The van der Waals surface area contributed by atoms with Crippen LogP contribution >= 0.6 is 0 Å². The van der Waals surface area contributed by atoms with Crippen LogP contribution in [0.3, 0.4) is 0 Å². The summed E-state index contributed by atoms with van der Waals surface area (Å²) in [4.78, 5) is 8.35. The summed E-state index contributed by atoms with van der Waals surface area (Å²) in [6.45, 7) is 0. The van der Waals surface area contributed by atoms with Crippen molar-refractivity contribution in [3.63, 3.8) is 0 Å². The Balaban J connectivity index is 1.62. The summed E-state index contributed by atoms with van der Waals surface area (Å²) in [7, 11) is 0. The van der Waals surface area contributed by atoms with E-state index in [0.29, 0.717) is 5.95 Å². The van der Waals surface area contributed by atoms with Gasteiger partial charge in [0.1, 0.15) is 5.75 Å². The summed E-state index contributed by atoms with van der Waals surface area (Å²) in [6.07, 6.45) is 5.25. The zero-order valence-electron chi connectivity index (χ0n) is 11.5. The maximum atomic E-state index is 6.05. The first kappa shape index (κ1) is 12.1. The molecule has 0 spiro atoms. The molecule has 1 aliphatic heterocycles. The molecule has 1 aromatic heterocycles. The topological polar surface area (TPSA) is 47.0 Å². The van der Waals surface area contributed by atoms with Crippen LogP contribution in [0.4, 0.5) is 5.95 Å². The van der Waals surface area contributed by atoms with Crippen molar-refractivity contribution in [3.05, 3.63) is 60.4 Å². The lowest BCUT2D eigenvalue weighted by atomic mass is 9.97. The number of ether oxygens (including phenoxy) is 1. The van der Waals surface area contributed by atoms with E-state index < -0.39 is 0 Å². The third kappa shape index (κ3) is 2.29. The zero-order valence-corrected chi connectivity index (χ0v) is 11.5. The molecule has 104 valence electrons. The summed E-state index contributed by atoms with van der Waals surface area (Å²) in [5.74, 6) is 1.56. The summed E-state index contributed by atoms with van der Waals surface area (Å²) >= 11 is 0. The predicted octanol–water partition coefficient (Wildman–Crippen LogP) is 3.39. The Labute approximate surface area is 122 Å². The number of rotatable bonds is 2. The Morgan fingerprint density at radius 2 is 1.86 bits per heavy atom. The van der Waals surface area contributed by atoms with E-state index in [1.165, 1.54) is 16.3 Å². The third-order valence-electron chi connectivity index (χ3n) is 3.78. The van der Waals surface area contributed by atoms with Crippen LogP contribution in [0, 0.1) is 0 Å². The average molecular weight is 277 g/mol. The molecule has 0 saturated carbocycles. The first-order chi connectivity index (χ1) is 10.4. The largest absolute Gasteiger partial charge is 0.470 e. The quantitative estimate of drug-likeness (QED) is 0.780. The number of hydrogen-bond donors (Lipinski definition) is 1. The van der Waals surface area contributed by atoms with Gasteiger partial charge in [0, 0.05) is 24.4 Å². The number of nitrogens with zero attached hydrogens (tertiary/aromatic N) is 2. The van der Waals surface area contributed by atoms with Crippen molar-refractivity contribution in [2.24, 2.45) is 0 Å². The molecule has 21 heavy (non-hydrogen) atoms. The normalized spacial score (nSPS) is 17.0. The monoisotopic (exact) mass is 277 g/mol. The molecule has 0 radical (unpaired) electrons. The molecule has 0 saturated heterocycles. The SMILES string of the molecule is c1cnc(NC2CCc3c(ccc4ccccc34)O2)nc1. The van der Waals surface area contributed by atoms with Crippen molar-refractivity contribution >= 4 is 16.7 Å². The minimum atomic E-state index is -0.0823. The fraction of sp³-hybridized carbons (Fsp3) is 0.176. The second-order valence-corrected chi connectivity index (χ2v) is 5.13. The van der Waals surface area contributed by atoms with Gasteiger partial charge in [-0.25, -0.2) is 9.97 Å². The molecule has 1 aliphatic rings. The van der Waals surface area contributed by atoms with E-state index in [4.69, 9.17) is 4.74 Å². The highest BCUT2D eigenvalue weighted by molar-refractivity contribution is 5.88. The highest BCUT2D eigenvalue weighted by atomic mass is 16.5. The summed E-state index contributed by atoms with van der Waals surface area (Å²) in [5.41, 5.74) is 1.29. The highest BCUT2D eigenvalue weighted by Gasteiger charge is 2.21. The summed E-state index contributed by atoms with van der Waals surface area (Å²) in [5, 5.41) is 5.77. The van der Waals surface area contributed by atoms with Crippen LogP contribution in [-0.4, -0.2) is 16.2 Å². The molecule has 4 heteroatoms. The zero-order chi connectivity index (χ0) is 14.1. The van der Waals surface area contributed by atoms with Crippen LogP contribution in [-0.2, 0) is 6.42 Å². The van der Waals surface area contributed by atoms with Gasteiger partial charge in [0.2, 0.25) is 5.95 Å². The molecule has 4 nitrogen and oxygen atoms in total. The fourth-order valence-corrected chi connectivity index (χ4v) is 2.79. The van der Waals surface area contributed by atoms with E-state index in [-0.39, 0.29) is 6.23 Å². The third-order valence-corrected chi connectivity index (χ3v) is 3.78. The van der Waals surface area contributed by atoms with Gasteiger partial charge in [-0.05, 0) is 29.3 Å². The first-order valence-corrected chi connectivity index (χ1v) is 7.11. The van der Waals surface area contributed by atoms with Crippen molar-refractivity contribution in [2.45, 2.75) is 19.1 Å². The highest BCUT2D eigenvalue weighted by Crippen LogP contribution is 2.33. The van der Waals surface area contributed by atoms with Gasteiger partial charge in [-0.3, -0.25) is 0 Å². The Hall–Kier alpha value is -2.62. The molecular formula is C17H15N3O. The fourth-order valence-electron chi connectivity index (χ4n) is 2.79. The molecule has 1 atom stereocenters.